The van der Waals surface area contributed by atoms with Crippen LogP contribution in [0.2, 0.25) is 0 Å². The summed E-state index contributed by atoms with van der Waals surface area (Å²) < 4.78 is 0. The van der Waals surface area contributed by atoms with E-state index < -0.39 is 0 Å². The molecular formula is C11H21N7S. The third-order valence-electron chi connectivity index (χ3n) is 2.86. The zero-order valence-corrected chi connectivity index (χ0v) is 12.3. The van der Waals surface area contributed by atoms with Crippen LogP contribution >= 0.6 is 11.8 Å². The minimum atomic E-state index is 0.246. The molecule has 1 saturated heterocycles. The largest absolute Gasteiger partial charge is 0.368 e. The topological polar surface area (TPSA) is 83.2 Å². The number of hydrogen-bond donors (Lipinski definition) is 2. The first-order valence-electron chi connectivity index (χ1n) is 6.38. The summed E-state index contributed by atoms with van der Waals surface area (Å²) in [6.45, 7) is 4.15. The van der Waals surface area contributed by atoms with Crippen LogP contribution in [-0.4, -0.2) is 71.6 Å². The molecule has 0 aliphatic carbocycles. The summed E-state index contributed by atoms with van der Waals surface area (Å²) >= 11 is 2.02. The molecule has 7 nitrogen and oxygen atoms in total. The van der Waals surface area contributed by atoms with E-state index in [9.17, 15) is 0 Å². The van der Waals surface area contributed by atoms with Gasteiger partial charge in [0.2, 0.25) is 17.8 Å². The molecule has 0 bridgehead atoms. The Balaban J connectivity index is 1.84. The van der Waals surface area contributed by atoms with Crippen molar-refractivity contribution in [3.63, 3.8) is 0 Å². The molecule has 0 aromatic carbocycles. The highest BCUT2D eigenvalue weighted by atomic mass is 32.2. The molecule has 1 fully saturated rings. The van der Waals surface area contributed by atoms with Gasteiger partial charge in [0, 0.05) is 51.8 Å². The van der Waals surface area contributed by atoms with E-state index >= 15 is 0 Å². The first kappa shape index (κ1) is 14.1. The maximum atomic E-state index is 5.67. The monoisotopic (exact) mass is 283 g/mol. The summed E-state index contributed by atoms with van der Waals surface area (Å²) in [6, 6.07) is 0. The van der Waals surface area contributed by atoms with Crippen molar-refractivity contribution in [2.45, 2.75) is 0 Å². The van der Waals surface area contributed by atoms with Gasteiger partial charge in [-0.3, -0.25) is 4.90 Å². The molecule has 2 heterocycles. The second-order valence-electron chi connectivity index (χ2n) is 4.59. The van der Waals surface area contributed by atoms with E-state index in [1.54, 1.807) is 0 Å². The number of thioether (sulfide) groups is 1. The third-order valence-corrected chi connectivity index (χ3v) is 3.80. The van der Waals surface area contributed by atoms with Crippen molar-refractivity contribution in [3.8, 4) is 0 Å². The van der Waals surface area contributed by atoms with Gasteiger partial charge in [-0.15, -0.1) is 0 Å². The smallest absolute Gasteiger partial charge is 0.231 e. The number of aromatic nitrogens is 3. The Hall–Kier alpha value is -1.28. The lowest BCUT2D eigenvalue weighted by molar-refractivity contribution is 0.314. The fraction of sp³-hybridized carbons (Fsp3) is 0.727. The molecule has 0 atom stereocenters. The second kappa shape index (κ2) is 6.76. The molecule has 2 rings (SSSR count). The van der Waals surface area contributed by atoms with E-state index in [2.05, 4.69) is 25.2 Å². The van der Waals surface area contributed by atoms with E-state index in [0.29, 0.717) is 11.9 Å². The minimum absolute atomic E-state index is 0.246. The number of rotatable bonds is 5. The lowest BCUT2D eigenvalue weighted by Gasteiger charge is -2.26. The summed E-state index contributed by atoms with van der Waals surface area (Å²) in [6.07, 6.45) is 0. The number of hydrogen-bond acceptors (Lipinski definition) is 8. The Morgan fingerprint density at radius 3 is 2.68 bits per heavy atom. The molecule has 0 spiro atoms. The van der Waals surface area contributed by atoms with Crippen molar-refractivity contribution < 1.29 is 0 Å². The molecule has 1 aromatic rings. The Kier molecular flexibility index (Phi) is 5.03. The van der Waals surface area contributed by atoms with E-state index in [-0.39, 0.29) is 5.95 Å². The normalized spacial score (nSPS) is 16.3. The van der Waals surface area contributed by atoms with Crippen molar-refractivity contribution in [1.29, 1.82) is 0 Å². The minimum Gasteiger partial charge on any atom is -0.368 e. The summed E-state index contributed by atoms with van der Waals surface area (Å²) in [5.74, 6) is 3.81. The molecule has 0 amide bonds. The molecule has 0 unspecified atom stereocenters. The number of anilines is 3. The van der Waals surface area contributed by atoms with Crippen LogP contribution in [0.1, 0.15) is 0 Å². The average Bonchev–Trinajstić information content (AvgIpc) is 2.39. The SMILES string of the molecule is CN(C)c1nc(N)nc(NCCN2CCSCC2)n1. The fourth-order valence-corrected chi connectivity index (χ4v) is 2.79. The van der Waals surface area contributed by atoms with Crippen molar-refractivity contribution in [3.05, 3.63) is 0 Å². The highest BCUT2D eigenvalue weighted by Crippen LogP contribution is 2.10. The summed E-state index contributed by atoms with van der Waals surface area (Å²) in [4.78, 5) is 16.7. The molecule has 0 saturated carbocycles. The van der Waals surface area contributed by atoms with E-state index in [0.717, 1.165) is 26.2 Å². The fourth-order valence-electron chi connectivity index (χ4n) is 1.81. The van der Waals surface area contributed by atoms with Gasteiger partial charge in [0.25, 0.3) is 0 Å². The maximum absolute atomic E-state index is 5.67. The highest BCUT2D eigenvalue weighted by molar-refractivity contribution is 7.99. The van der Waals surface area contributed by atoms with Crippen LogP contribution in [-0.2, 0) is 0 Å². The lowest BCUT2D eigenvalue weighted by Crippen LogP contribution is -2.36. The van der Waals surface area contributed by atoms with Crippen LogP contribution in [0, 0.1) is 0 Å². The Labute approximate surface area is 118 Å². The number of nitrogens with zero attached hydrogens (tertiary/aromatic N) is 5. The van der Waals surface area contributed by atoms with Gasteiger partial charge in [-0.2, -0.15) is 26.7 Å². The van der Waals surface area contributed by atoms with Crippen molar-refractivity contribution in [2.24, 2.45) is 0 Å². The van der Waals surface area contributed by atoms with Gasteiger partial charge in [-0.1, -0.05) is 0 Å². The van der Waals surface area contributed by atoms with Gasteiger partial charge in [0.1, 0.15) is 0 Å². The Morgan fingerprint density at radius 2 is 2.00 bits per heavy atom. The zero-order valence-electron chi connectivity index (χ0n) is 11.5. The van der Waals surface area contributed by atoms with Crippen LogP contribution in [0.5, 0.6) is 0 Å². The molecule has 3 N–H and O–H groups in total. The number of nitrogens with two attached hydrogens (primary N) is 1. The van der Waals surface area contributed by atoms with Gasteiger partial charge in [0.05, 0.1) is 0 Å². The van der Waals surface area contributed by atoms with Crippen LogP contribution in [0.3, 0.4) is 0 Å². The molecule has 1 aromatic heterocycles. The molecule has 1 aliphatic rings. The molecule has 0 radical (unpaired) electrons. The van der Waals surface area contributed by atoms with Gasteiger partial charge in [-0.05, 0) is 0 Å². The maximum Gasteiger partial charge on any atom is 0.231 e. The molecule has 19 heavy (non-hydrogen) atoms. The van der Waals surface area contributed by atoms with Crippen LogP contribution in [0.25, 0.3) is 0 Å². The Morgan fingerprint density at radius 1 is 1.26 bits per heavy atom. The third kappa shape index (κ3) is 4.39. The average molecular weight is 283 g/mol. The van der Waals surface area contributed by atoms with Gasteiger partial charge in [0.15, 0.2) is 0 Å². The first-order valence-corrected chi connectivity index (χ1v) is 7.53. The second-order valence-corrected chi connectivity index (χ2v) is 5.82. The van der Waals surface area contributed by atoms with Crippen LogP contribution in [0.4, 0.5) is 17.8 Å². The molecular weight excluding hydrogens is 262 g/mol. The van der Waals surface area contributed by atoms with Crippen LogP contribution in [0.15, 0.2) is 0 Å². The highest BCUT2D eigenvalue weighted by Gasteiger charge is 2.10. The predicted octanol–water partition coefficient (Wildman–Crippen LogP) is -0.0195. The van der Waals surface area contributed by atoms with E-state index in [1.165, 1.54) is 11.5 Å². The van der Waals surface area contributed by atoms with Gasteiger partial charge >= 0.3 is 0 Å². The lowest BCUT2D eigenvalue weighted by atomic mass is 10.4. The van der Waals surface area contributed by atoms with Crippen LogP contribution < -0.4 is 16.0 Å². The zero-order chi connectivity index (χ0) is 13.7. The number of nitrogen functional groups attached to an aromatic ring is 1. The Bertz CT molecular complexity index is 406. The van der Waals surface area contributed by atoms with Crippen molar-refractivity contribution >= 4 is 29.6 Å². The van der Waals surface area contributed by atoms with Crippen molar-refractivity contribution in [1.82, 2.24) is 19.9 Å². The molecule has 106 valence electrons. The quantitative estimate of drug-likeness (QED) is 0.780. The summed E-state index contributed by atoms with van der Waals surface area (Å²) in [7, 11) is 3.76. The summed E-state index contributed by atoms with van der Waals surface area (Å²) in [5.41, 5.74) is 5.67. The first-order chi connectivity index (χ1) is 9.15. The molecule has 1 aliphatic heterocycles. The van der Waals surface area contributed by atoms with Crippen molar-refractivity contribution in [2.75, 3.05) is 67.7 Å². The van der Waals surface area contributed by atoms with Gasteiger partial charge < -0.3 is 16.0 Å². The van der Waals surface area contributed by atoms with E-state index in [4.69, 9.17) is 5.73 Å². The van der Waals surface area contributed by atoms with Gasteiger partial charge in [-0.25, -0.2) is 0 Å². The number of nitrogens with one attached hydrogen (secondary N) is 1. The predicted molar refractivity (Wildman–Crippen MR) is 80.8 cm³/mol. The molecule has 8 heteroatoms. The summed E-state index contributed by atoms with van der Waals surface area (Å²) in [5, 5.41) is 3.21. The standard InChI is InChI=1S/C11H21N7S/c1-17(2)11-15-9(12)14-10(16-11)13-3-4-18-5-7-19-8-6-18/h3-8H2,1-2H3,(H3,12,13,14,15,16). The van der Waals surface area contributed by atoms with E-state index in [1.807, 2.05) is 30.8 Å².